The van der Waals surface area contributed by atoms with Crippen molar-refractivity contribution < 1.29 is 19.1 Å². The lowest BCUT2D eigenvalue weighted by atomic mass is 9.97. The van der Waals surface area contributed by atoms with Crippen LogP contribution in [0.1, 0.15) is 39.0 Å². The fraction of sp³-hybridized carbons (Fsp3) is 0.591. The summed E-state index contributed by atoms with van der Waals surface area (Å²) >= 11 is 0. The normalized spacial score (nSPS) is 20.7. The van der Waals surface area contributed by atoms with Crippen molar-refractivity contribution in [3.8, 4) is 0 Å². The molecule has 0 aliphatic carbocycles. The molecule has 2 fully saturated rings. The van der Waals surface area contributed by atoms with Gasteiger partial charge >= 0.3 is 12.1 Å². The van der Waals surface area contributed by atoms with Crippen LogP contribution in [0, 0.1) is 5.92 Å². The van der Waals surface area contributed by atoms with E-state index in [-0.39, 0.29) is 30.0 Å². The van der Waals surface area contributed by atoms with E-state index in [9.17, 15) is 14.4 Å². The van der Waals surface area contributed by atoms with Gasteiger partial charge in [0, 0.05) is 44.2 Å². The number of carbonyl (C=O) groups excluding carboxylic acids is 3. The molecule has 4 N–H and O–H groups in total. The van der Waals surface area contributed by atoms with Crippen LogP contribution in [-0.4, -0.2) is 61.8 Å². The number of hydrogen-bond acceptors (Lipinski definition) is 4. The van der Waals surface area contributed by atoms with Gasteiger partial charge < -0.3 is 30.9 Å². The SMILES string of the molecule is CCCNC(=O)Nc1ccc(NC(=O)N2CCCC(C(=O)NCC3CCCO3)C2)cc1. The highest BCUT2D eigenvalue weighted by Gasteiger charge is 2.29. The second kappa shape index (κ2) is 11.5. The van der Waals surface area contributed by atoms with Crippen molar-refractivity contribution in [2.75, 3.05) is 43.4 Å². The molecule has 0 spiro atoms. The average Bonchev–Trinajstić information content (AvgIpc) is 3.31. The molecule has 2 atom stereocenters. The smallest absolute Gasteiger partial charge is 0.321 e. The zero-order chi connectivity index (χ0) is 22.1. The van der Waals surface area contributed by atoms with E-state index in [0.29, 0.717) is 37.6 Å². The molecule has 2 unspecified atom stereocenters. The molecular formula is C22H33N5O4. The number of amides is 5. The molecule has 5 amide bonds. The largest absolute Gasteiger partial charge is 0.376 e. The van der Waals surface area contributed by atoms with Crippen LogP contribution in [0.15, 0.2) is 24.3 Å². The Morgan fingerprint density at radius 1 is 1.03 bits per heavy atom. The van der Waals surface area contributed by atoms with Crippen LogP contribution < -0.4 is 21.3 Å². The van der Waals surface area contributed by atoms with Crippen LogP contribution in [0.2, 0.25) is 0 Å². The average molecular weight is 432 g/mol. The molecule has 0 aromatic heterocycles. The van der Waals surface area contributed by atoms with Gasteiger partial charge in [0.15, 0.2) is 0 Å². The highest BCUT2D eigenvalue weighted by Crippen LogP contribution is 2.19. The lowest BCUT2D eigenvalue weighted by molar-refractivity contribution is -0.126. The molecule has 9 heteroatoms. The maximum atomic E-state index is 12.7. The van der Waals surface area contributed by atoms with E-state index >= 15 is 0 Å². The lowest BCUT2D eigenvalue weighted by Crippen LogP contribution is -2.47. The van der Waals surface area contributed by atoms with Gasteiger partial charge in [0.05, 0.1) is 12.0 Å². The minimum absolute atomic E-state index is 0.00947. The molecule has 31 heavy (non-hydrogen) atoms. The number of ether oxygens (including phenoxy) is 1. The maximum absolute atomic E-state index is 12.7. The number of carbonyl (C=O) groups is 3. The summed E-state index contributed by atoms with van der Waals surface area (Å²) in [5.41, 5.74) is 1.28. The molecule has 2 saturated heterocycles. The zero-order valence-electron chi connectivity index (χ0n) is 18.1. The number of piperidine rings is 1. The summed E-state index contributed by atoms with van der Waals surface area (Å²) in [5, 5.41) is 11.3. The molecule has 3 rings (SSSR count). The zero-order valence-corrected chi connectivity index (χ0v) is 18.1. The summed E-state index contributed by atoms with van der Waals surface area (Å²) in [4.78, 5) is 38.6. The Kier molecular flexibility index (Phi) is 8.52. The fourth-order valence-electron chi connectivity index (χ4n) is 3.79. The Balaban J connectivity index is 1.44. The molecule has 1 aromatic carbocycles. The topological polar surface area (TPSA) is 112 Å². The third-order valence-electron chi connectivity index (χ3n) is 5.54. The van der Waals surface area contributed by atoms with E-state index in [2.05, 4.69) is 21.3 Å². The minimum Gasteiger partial charge on any atom is -0.376 e. The van der Waals surface area contributed by atoms with E-state index in [0.717, 1.165) is 38.7 Å². The van der Waals surface area contributed by atoms with Gasteiger partial charge in [-0.15, -0.1) is 0 Å². The van der Waals surface area contributed by atoms with Gasteiger partial charge in [0.1, 0.15) is 0 Å². The fourth-order valence-corrected chi connectivity index (χ4v) is 3.79. The molecule has 170 valence electrons. The standard InChI is InChI=1S/C22H33N5O4/c1-2-11-23-21(29)25-17-7-9-18(10-8-17)26-22(30)27-12-3-5-16(15-27)20(28)24-14-19-6-4-13-31-19/h7-10,16,19H,2-6,11-15H2,1H3,(H,24,28)(H,26,30)(H2,23,25,29). The number of rotatable bonds is 7. The van der Waals surface area contributed by atoms with Gasteiger partial charge in [0.2, 0.25) is 5.91 Å². The van der Waals surface area contributed by atoms with Gasteiger partial charge in [-0.05, 0) is 56.4 Å². The molecule has 2 aliphatic rings. The van der Waals surface area contributed by atoms with E-state index < -0.39 is 0 Å². The van der Waals surface area contributed by atoms with Gasteiger partial charge in [-0.1, -0.05) is 6.92 Å². The van der Waals surface area contributed by atoms with Gasteiger partial charge in [-0.25, -0.2) is 9.59 Å². The Hall–Kier alpha value is -2.81. The van der Waals surface area contributed by atoms with Crippen LogP contribution in [0.4, 0.5) is 21.0 Å². The van der Waals surface area contributed by atoms with Crippen molar-refractivity contribution in [2.45, 2.75) is 45.1 Å². The Morgan fingerprint density at radius 2 is 1.77 bits per heavy atom. The van der Waals surface area contributed by atoms with E-state index in [1.807, 2.05) is 6.92 Å². The second-order valence-electron chi connectivity index (χ2n) is 8.05. The molecule has 9 nitrogen and oxygen atoms in total. The molecular weight excluding hydrogens is 398 g/mol. The van der Waals surface area contributed by atoms with Crippen molar-refractivity contribution >= 4 is 29.3 Å². The quantitative estimate of drug-likeness (QED) is 0.532. The first-order chi connectivity index (χ1) is 15.0. The van der Waals surface area contributed by atoms with Crippen LogP contribution in [0.25, 0.3) is 0 Å². The highest BCUT2D eigenvalue weighted by atomic mass is 16.5. The number of anilines is 2. The number of nitrogens with zero attached hydrogens (tertiary/aromatic N) is 1. The first-order valence-corrected chi connectivity index (χ1v) is 11.2. The Bertz CT molecular complexity index is 749. The highest BCUT2D eigenvalue weighted by molar-refractivity contribution is 5.92. The van der Waals surface area contributed by atoms with E-state index in [1.165, 1.54) is 0 Å². The van der Waals surface area contributed by atoms with Crippen LogP contribution in [0.5, 0.6) is 0 Å². The third-order valence-corrected chi connectivity index (χ3v) is 5.54. The summed E-state index contributed by atoms with van der Waals surface area (Å²) in [7, 11) is 0. The molecule has 0 radical (unpaired) electrons. The third kappa shape index (κ3) is 7.13. The van der Waals surface area contributed by atoms with E-state index in [4.69, 9.17) is 4.74 Å². The molecule has 2 heterocycles. The van der Waals surface area contributed by atoms with Crippen molar-refractivity contribution in [1.29, 1.82) is 0 Å². The predicted molar refractivity (Wildman–Crippen MR) is 119 cm³/mol. The van der Waals surface area contributed by atoms with Crippen LogP contribution in [0.3, 0.4) is 0 Å². The van der Waals surface area contributed by atoms with Gasteiger partial charge in [-0.2, -0.15) is 0 Å². The van der Waals surface area contributed by atoms with Crippen LogP contribution >= 0.6 is 0 Å². The molecule has 0 saturated carbocycles. The first kappa shape index (κ1) is 22.9. The summed E-state index contributed by atoms with van der Waals surface area (Å²) in [5.74, 6) is -0.209. The second-order valence-corrected chi connectivity index (χ2v) is 8.05. The Morgan fingerprint density at radius 3 is 2.45 bits per heavy atom. The number of likely N-dealkylation sites (tertiary alicyclic amines) is 1. The van der Waals surface area contributed by atoms with Crippen molar-refractivity contribution in [2.24, 2.45) is 5.92 Å². The van der Waals surface area contributed by atoms with E-state index in [1.54, 1.807) is 29.2 Å². The summed E-state index contributed by atoms with van der Waals surface area (Å²) in [6, 6.07) is 6.47. The number of nitrogens with one attached hydrogen (secondary N) is 4. The summed E-state index contributed by atoms with van der Waals surface area (Å²) in [6.45, 7) is 4.93. The Labute approximate surface area is 183 Å². The van der Waals surface area contributed by atoms with Crippen molar-refractivity contribution in [1.82, 2.24) is 15.5 Å². The first-order valence-electron chi connectivity index (χ1n) is 11.2. The van der Waals surface area contributed by atoms with Crippen molar-refractivity contribution in [3.63, 3.8) is 0 Å². The number of benzene rings is 1. The van der Waals surface area contributed by atoms with Crippen LogP contribution in [-0.2, 0) is 9.53 Å². The number of hydrogen-bond donors (Lipinski definition) is 4. The van der Waals surface area contributed by atoms with Gasteiger partial charge in [-0.3, -0.25) is 4.79 Å². The monoisotopic (exact) mass is 431 g/mol. The summed E-state index contributed by atoms with van der Waals surface area (Å²) < 4.78 is 5.55. The molecule has 0 bridgehead atoms. The number of urea groups is 2. The maximum Gasteiger partial charge on any atom is 0.321 e. The molecule has 1 aromatic rings. The predicted octanol–water partition coefficient (Wildman–Crippen LogP) is 2.76. The van der Waals surface area contributed by atoms with Crippen molar-refractivity contribution in [3.05, 3.63) is 24.3 Å². The minimum atomic E-state index is -0.254. The lowest BCUT2D eigenvalue weighted by Gasteiger charge is -2.32. The molecule has 2 aliphatic heterocycles. The summed E-state index contributed by atoms with van der Waals surface area (Å²) in [6.07, 6.45) is 4.58. The van der Waals surface area contributed by atoms with Gasteiger partial charge in [0.25, 0.3) is 0 Å².